The highest BCUT2D eigenvalue weighted by atomic mass is 79.9. The summed E-state index contributed by atoms with van der Waals surface area (Å²) in [4.78, 5) is 27.2. The molecule has 1 N–H and O–H groups in total. The number of anilines is 1. The molecule has 1 amide bonds. The Morgan fingerprint density at radius 3 is 2.53 bits per heavy atom. The summed E-state index contributed by atoms with van der Waals surface area (Å²) < 4.78 is 11.2. The van der Waals surface area contributed by atoms with E-state index in [0.29, 0.717) is 22.6 Å². The van der Waals surface area contributed by atoms with Crippen molar-refractivity contribution < 1.29 is 24.0 Å². The van der Waals surface area contributed by atoms with Crippen molar-refractivity contribution in [2.45, 2.75) is 13.0 Å². The first kappa shape index (κ1) is 19.9. The largest absolute Gasteiger partial charge is 0.507 e. The minimum absolute atomic E-state index is 0.0313. The van der Waals surface area contributed by atoms with Crippen molar-refractivity contribution in [2.24, 2.45) is 0 Å². The number of nitrogens with zero attached hydrogens (tertiary/aromatic N) is 2. The van der Waals surface area contributed by atoms with E-state index in [1.165, 1.54) is 12.0 Å². The van der Waals surface area contributed by atoms with E-state index in [0.717, 1.165) is 4.47 Å². The highest BCUT2D eigenvalue weighted by Crippen LogP contribution is 2.42. The zero-order valence-corrected chi connectivity index (χ0v) is 17.7. The third-order valence-corrected chi connectivity index (χ3v) is 5.36. The average molecular weight is 469 g/mol. The normalized spacial score (nSPS) is 18.1. The molecule has 0 saturated carbocycles. The number of benzene rings is 2. The van der Waals surface area contributed by atoms with Crippen LogP contribution < -0.4 is 9.64 Å². The summed E-state index contributed by atoms with van der Waals surface area (Å²) in [6, 6.07) is 14.5. The second kappa shape index (κ2) is 7.79. The molecule has 0 aliphatic carbocycles. The van der Waals surface area contributed by atoms with Crippen molar-refractivity contribution in [3.05, 3.63) is 81.5 Å². The Kier molecular flexibility index (Phi) is 5.17. The van der Waals surface area contributed by atoms with Crippen molar-refractivity contribution in [3.8, 4) is 5.75 Å². The third-order valence-electron chi connectivity index (χ3n) is 4.84. The molecule has 1 saturated heterocycles. The van der Waals surface area contributed by atoms with E-state index in [4.69, 9.17) is 9.26 Å². The third kappa shape index (κ3) is 3.39. The summed E-state index contributed by atoms with van der Waals surface area (Å²) in [5.41, 5.74) is 0.976. The second-order valence-electron chi connectivity index (χ2n) is 6.75. The van der Waals surface area contributed by atoms with Gasteiger partial charge in [0.05, 0.1) is 18.7 Å². The molecule has 0 radical (unpaired) electrons. The molecule has 30 heavy (non-hydrogen) atoms. The van der Waals surface area contributed by atoms with E-state index < -0.39 is 17.7 Å². The number of hydrogen-bond donors (Lipinski definition) is 1. The van der Waals surface area contributed by atoms with Gasteiger partial charge in [-0.3, -0.25) is 14.5 Å². The molecule has 0 spiro atoms. The van der Waals surface area contributed by atoms with Crippen LogP contribution in [0, 0.1) is 6.92 Å². The van der Waals surface area contributed by atoms with Gasteiger partial charge in [-0.2, -0.15) is 0 Å². The minimum Gasteiger partial charge on any atom is -0.507 e. The molecular weight excluding hydrogens is 452 g/mol. The summed E-state index contributed by atoms with van der Waals surface area (Å²) in [7, 11) is 1.51. The highest BCUT2D eigenvalue weighted by molar-refractivity contribution is 9.10. The number of ether oxygens (including phenoxy) is 1. The van der Waals surface area contributed by atoms with Gasteiger partial charge >= 0.3 is 5.91 Å². The van der Waals surface area contributed by atoms with Crippen LogP contribution >= 0.6 is 15.9 Å². The number of ketones is 1. The Morgan fingerprint density at radius 2 is 1.90 bits per heavy atom. The van der Waals surface area contributed by atoms with Gasteiger partial charge in [-0.1, -0.05) is 45.4 Å². The summed E-state index contributed by atoms with van der Waals surface area (Å²) in [5.74, 6) is -0.672. The molecule has 1 aliphatic heterocycles. The lowest BCUT2D eigenvalue weighted by Crippen LogP contribution is -2.29. The number of rotatable bonds is 4. The van der Waals surface area contributed by atoms with E-state index in [9.17, 15) is 14.7 Å². The SMILES string of the molecule is COc1cccc(/C(O)=C2/C(=O)C(=O)N(c3cc(C)on3)C2c2ccc(Br)cc2)c1. The van der Waals surface area contributed by atoms with E-state index in [2.05, 4.69) is 21.1 Å². The molecule has 0 bridgehead atoms. The fourth-order valence-corrected chi connectivity index (χ4v) is 3.69. The van der Waals surface area contributed by atoms with Crippen LogP contribution in [0.1, 0.15) is 22.9 Å². The smallest absolute Gasteiger partial charge is 0.301 e. The standard InChI is InChI=1S/C22H17BrN2O5/c1-12-10-17(24-30-12)25-19(13-6-8-15(23)9-7-13)18(21(27)22(25)28)20(26)14-4-3-5-16(11-14)29-2/h3-11,19,26H,1-2H3/b20-18-. The lowest BCUT2D eigenvalue weighted by atomic mass is 9.95. The zero-order valence-electron chi connectivity index (χ0n) is 16.1. The van der Waals surface area contributed by atoms with Crippen LogP contribution in [0.15, 0.2) is 69.2 Å². The van der Waals surface area contributed by atoms with E-state index in [1.807, 2.05) is 0 Å². The number of halogens is 1. The van der Waals surface area contributed by atoms with Crippen LogP contribution in [0.5, 0.6) is 5.75 Å². The number of methoxy groups -OCH3 is 1. The Morgan fingerprint density at radius 1 is 1.17 bits per heavy atom. The molecule has 2 aromatic carbocycles. The number of carbonyl (C=O) groups excluding carboxylic acids is 2. The molecule has 1 aliphatic rings. The van der Waals surface area contributed by atoms with Crippen LogP contribution in [-0.2, 0) is 9.59 Å². The number of Topliss-reactive ketones (excluding diaryl/α,β-unsaturated/α-hetero) is 1. The van der Waals surface area contributed by atoms with Gasteiger partial charge in [-0.15, -0.1) is 0 Å². The molecule has 1 fully saturated rings. The second-order valence-corrected chi connectivity index (χ2v) is 7.66. The number of carbonyl (C=O) groups is 2. The van der Waals surface area contributed by atoms with Crippen LogP contribution in [0.4, 0.5) is 5.82 Å². The summed E-state index contributed by atoms with van der Waals surface area (Å²) in [5, 5.41) is 15.0. The summed E-state index contributed by atoms with van der Waals surface area (Å²) >= 11 is 3.39. The van der Waals surface area contributed by atoms with Gasteiger partial charge in [-0.05, 0) is 36.8 Å². The number of aliphatic hydroxyl groups excluding tert-OH is 1. The fraction of sp³-hybridized carbons (Fsp3) is 0.136. The van der Waals surface area contributed by atoms with Crippen molar-refractivity contribution in [3.63, 3.8) is 0 Å². The van der Waals surface area contributed by atoms with Crippen molar-refractivity contribution >= 4 is 39.2 Å². The maximum atomic E-state index is 13.0. The summed E-state index contributed by atoms with van der Waals surface area (Å²) in [6.07, 6.45) is 0. The number of hydrogen-bond acceptors (Lipinski definition) is 6. The Balaban J connectivity index is 1.94. The Bertz CT molecular complexity index is 1170. The number of amides is 1. The lowest BCUT2D eigenvalue weighted by Gasteiger charge is -2.23. The summed E-state index contributed by atoms with van der Waals surface area (Å²) in [6.45, 7) is 1.69. The maximum Gasteiger partial charge on any atom is 0.301 e. The van der Waals surface area contributed by atoms with Gasteiger partial charge in [0.25, 0.3) is 5.78 Å². The number of aryl methyl sites for hydroxylation is 1. The first-order valence-corrected chi connectivity index (χ1v) is 9.84. The lowest BCUT2D eigenvalue weighted by molar-refractivity contribution is -0.132. The molecule has 1 aromatic heterocycles. The van der Waals surface area contributed by atoms with Crippen LogP contribution in [0.3, 0.4) is 0 Å². The van der Waals surface area contributed by atoms with Crippen molar-refractivity contribution in [2.75, 3.05) is 12.0 Å². The fourth-order valence-electron chi connectivity index (χ4n) is 3.42. The van der Waals surface area contributed by atoms with Gasteiger partial charge in [0.2, 0.25) is 0 Å². The van der Waals surface area contributed by atoms with E-state index >= 15 is 0 Å². The van der Waals surface area contributed by atoms with Gasteiger partial charge in [0.1, 0.15) is 17.3 Å². The molecule has 8 heteroatoms. The monoisotopic (exact) mass is 468 g/mol. The van der Waals surface area contributed by atoms with Crippen LogP contribution in [0.2, 0.25) is 0 Å². The zero-order chi connectivity index (χ0) is 21.4. The van der Waals surface area contributed by atoms with Crippen molar-refractivity contribution in [1.29, 1.82) is 0 Å². The number of aliphatic hydroxyl groups is 1. The predicted molar refractivity (Wildman–Crippen MR) is 113 cm³/mol. The quantitative estimate of drug-likeness (QED) is 0.347. The van der Waals surface area contributed by atoms with Gasteiger partial charge in [-0.25, -0.2) is 0 Å². The molecule has 4 rings (SSSR count). The van der Waals surface area contributed by atoms with Crippen LogP contribution in [0.25, 0.3) is 5.76 Å². The number of aromatic nitrogens is 1. The van der Waals surface area contributed by atoms with E-state index in [-0.39, 0.29) is 17.2 Å². The maximum absolute atomic E-state index is 13.0. The molecule has 7 nitrogen and oxygen atoms in total. The predicted octanol–water partition coefficient (Wildman–Crippen LogP) is 4.38. The molecular formula is C22H17BrN2O5. The minimum atomic E-state index is -0.867. The highest BCUT2D eigenvalue weighted by Gasteiger charge is 2.48. The van der Waals surface area contributed by atoms with Crippen molar-refractivity contribution in [1.82, 2.24) is 5.16 Å². The topological polar surface area (TPSA) is 92.9 Å². The van der Waals surface area contributed by atoms with Crippen LogP contribution in [-0.4, -0.2) is 29.1 Å². The molecule has 152 valence electrons. The van der Waals surface area contributed by atoms with Gasteiger partial charge in [0.15, 0.2) is 5.82 Å². The first-order valence-electron chi connectivity index (χ1n) is 9.05. The van der Waals surface area contributed by atoms with Gasteiger partial charge < -0.3 is 14.4 Å². The molecule has 2 heterocycles. The average Bonchev–Trinajstić information content (AvgIpc) is 3.29. The molecule has 1 unspecified atom stereocenters. The van der Waals surface area contributed by atoms with Gasteiger partial charge in [0, 0.05) is 16.1 Å². The Labute approximate surface area is 180 Å². The van der Waals surface area contributed by atoms with E-state index in [1.54, 1.807) is 61.5 Å². The molecule has 1 atom stereocenters. The first-order chi connectivity index (χ1) is 14.4. The Hall–Kier alpha value is -3.39. The molecule has 3 aromatic rings.